The standard InChI is InChI=1S/C16H22O5S/c1-12-11-14(7-8-15(12)22-21-20-18)16(17)19-10-9-13-5-3-2-4-6-13/h7-8,11,13,18H,2-6,9-10H2,1H3/p-1. The Morgan fingerprint density at radius 3 is 2.77 bits per heavy atom. The molecular weight excluding hydrogens is 304 g/mol. The van der Waals surface area contributed by atoms with Crippen LogP contribution in [0, 0.1) is 12.8 Å². The quantitative estimate of drug-likeness (QED) is 0.331. The second-order valence-corrected chi connectivity index (χ2v) is 6.37. The van der Waals surface area contributed by atoms with Crippen LogP contribution in [0.25, 0.3) is 0 Å². The Labute approximate surface area is 135 Å². The lowest BCUT2D eigenvalue weighted by Crippen LogP contribution is -2.12. The van der Waals surface area contributed by atoms with Crippen LogP contribution in [0.3, 0.4) is 0 Å². The lowest BCUT2D eigenvalue weighted by Gasteiger charge is -2.21. The maximum absolute atomic E-state index is 12.0. The summed E-state index contributed by atoms with van der Waals surface area (Å²) in [5, 5.41) is 13.1. The highest BCUT2D eigenvalue weighted by molar-refractivity contribution is 7.94. The minimum atomic E-state index is -0.309. The molecule has 1 saturated carbocycles. The molecule has 0 unspecified atom stereocenters. The van der Waals surface area contributed by atoms with E-state index in [4.69, 9.17) is 4.74 Å². The van der Waals surface area contributed by atoms with Gasteiger partial charge in [-0.25, -0.2) is 4.79 Å². The molecule has 1 aromatic carbocycles. The smallest absolute Gasteiger partial charge is 0.338 e. The van der Waals surface area contributed by atoms with Crippen molar-refractivity contribution < 1.29 is 24.2 Å². The number of aryl methyl sites for hydroxylation is 1. The summed E-state index contributed by atoms with van der Waals surface area (Å²) in [5.74, 6) is 0.391. The van der Waals surface area contributed by atoms with Gasteiger partial charge in [-0.15, -0.1) is 0 Å². The van der Waals surface area contributed by atoms with Gasteiger partial charge in [0, 0.05) is 4.90 Å². The first-order chi connectivity index (χ1) is 10.7. The van der Waals surface area contributed by atoms with Crippen molar-refractivity contribution in [2.75, 3.05) is 6.61 Å². The van der Waals surface area contributed by atoms with Crippen LogP contribution < -0.4 is 5.26 Å². The van der Waals surface area contributed by atoms with Crippen LogP contribution in [-0.4, -0.2) is 12.6 Å². The highest BCUT2D eigenvalue weighted by Crippen LogP contribution is 2.27. The Hall–Kier alpha value is -1.08. The van der Waals surface area contributed by atoms with Crippen molar-refractivity contribution in [3.63, 3.8) is 0 Å². The van der Waals surface area contributed by atoms with Crippen molar-refractivity contribution in [3.05, 3.63) is 29.3 Å². The zero-order valence-electron chi connectivity index (χ0n) is 12.7. The van der Waals surface area contributed by atoms with Gasteiger partial charge in [0.1, 0.15) is 0 Å². The molecule has 1 aliphatic carbocycles. The van der Waals surface area contributed by atoms with Gasteiger partial charge in [0.2, 0.25) is 0 Å². The zero-order valence-corrected chi connectivity index (χ0v) is 13.5. The molecule has 0 aliphatic heterocycles. The monoisotopic (exact) mass is 325 g/mol. The van der Waals surface area contributed by atoms with Gasteiger partial charge in [-0.3, -0.25) is 5.04 Å². The van der Waals surface area contributed by atoms with E-state index in [2.05, 4.69) is 9.37 Å². The second-order valence-electron chi connectivity index (χ2n) is 5.63. The van der Waals surface area contributed by atoms with E-state index in [0.29, 0.717) is 18.1 Å². The first kappa shape index (κ1) is 17.3. The van der Waals surface area contributed by atoms with E-state index in [1.807, 2.05) is 6.92 Å². The number of hydrogen-bond acceptors (Lipinski definition) is 6. The lowest BCUT2D eigenvalue weighted by molar-refractivity contribution is -0.777. The molecule has 0 saturated heterocycles. The molecule has 5 nitrogen and oxygen atoms in total. The molecule has 0 N–H and O–H groups in total. The summed E-state index contributed by atoms with van der Waals surface area (Å²) in [4.78, 5) is 12.7. The Morgan fingerprint density at radius 2 is 2.09 bits per heavy atom. The molecule has 2 rings (SSSR count). The number of carbonyl (C=O) groups excluding carboxylic acids is 1. The van der Waals surface area contributed by atoms with Crippen LogP contribution in [0.5, 0.6) is 0 Å². The first-order valence-corrected chi connectivity index (χ1v) is 8.36. The summed E-state index contributed by atoms with van der Waals surface area (Å²) in [7, 11) is 0. The molecule has 1 aliphatic rings. The Kier molecular flexibility index (Phi) is 7.18. The van der Waals surface area contributed by atoms with Gasteiger partial charge < -0.3 is 9.99 Å². The van der Waals surface area contributed by atoms with E-state index in [1.54, 1.807) is 18.2 Å². The highest BCUT2D eigenvalue weighted by Gasteiger charge is 2.15. The Morgan fingerprint density at radius 1 is 1.32 bits per heavy atom. The molecule has 0 heterocycles. The Bertz CT molecular complexity index is 485. The largest absolute Gasteiger partial charge is 0.691 e. The zero-order chi connectivity index (χ0) is 15.8. The van der Waals surface area contributed by atoms with Crippen molar-refractivity contribution in [2.24, 2.45) is 5.92 Å². The lowest BCUT2D eigenvalue weighted by atomic mass is 9.87. The molecule has 22 heavy (non-hydrogen) atoms. The SMILES string of the molecule is Cc1cc(C(=O)OCCC2CCCCC2)ccc1SOO[O-]. The maximum Gasteiger partial charge on any atom is 0.338 e. The van der Waals surface area contributed by atoms with Gasteiger partial charge in [0.25, 0.3) is 0 Å². The van der Waals surface area contributed by atoms with Crippen LogP contribution >= 0.6 is 12.0 Å². The van der Waals surface area contributed by atoms with Gasteiger partial charge >= 0.3 is 5.97 Å². The molecule has 1 fully saturated rings. The molecular formula is C16H21O5S-. The van der Waals surface area contributed by atoms with Crippen molar-refractivity contribution in [2.45, 2.75) is 50.3 Å². The predicted molar refractivity (Wildman–Crippen MR) is 80.7 cm³/mol. The van der Waals surface area contributed by atoms with E-state index in [0.717, 1.165) is 28.9 Å². The molecule has 0 aromatic heterocycles. The van der Waals surface area contributed by atoms with E-state index >= 15 is 0 Å². The third kappa shape index (κ3) is 5.28. The van der Waals surface area contributed by atoms with E-state index < -0.39 is 0 Å². The second kappa shape index (κ2) is 9.15. The fraction of sp³-hybridized carbons (Fsp3) is 0.562. The van der Waals surface area contributed by atoms with Crippen molar-refractivity contribution >= 4 is 18.0 Å². The molecule has 6 heteroatoms. The molecule has 0 amide bonds. The Balaban J connectivity index is 1.80. The molecule has 0 bridgehead atoms. The van der Waals surface area contributed by atoms with E-state index in [9.17, 15) is 10.1 Å². The molecule has 1 aromatic rings. The van der Waals surface area contributed by atoms with Crippen LogP contribution in [0.4, 0.5) is 0 Å². The summed E-state index contributed by atoms with van der Waals surface area (Å²) >= 11 is 0.817. The third-order valence-corrected chi connectivity index (χ3v) is 4.81. The fourth-order valence-electron chi connectivity index (χ4n) is 2.80. The summed E-state index contributed by atoms with van der Waals surface area (Å²) in [5.41, 5.74) is 1.33. The topological polar surface area (TPSA) is 67.8 Å². The molecule has 0 atom stereocenters. The molecule has 122 valence electrons. The molecule has 0 spiro atoms. The van der Waals surface area contributed by atoms with Crippen molar-refractivity contribution in [1.82, 2.24) is 0 Å². The average Bonchev–Trinajstić information content (AvgIpc) is 2.54. The predicted octanol–water partition coefficient (Wildman–Crippen LogP) is 3.35. The van der Waals surface area contributed by atoms with Crippen LogP contribution in [0.1, 0.15) is 54.4 Å². The minimum absolute atomic E-state index is 0.309. The summed E-state index contributed by atoms with van der Waals surface area (Å²) < 4.78 is 9.63. The van der Waals surface area contributed by atoms with Crippen molar-refractivity contribution in [1.29, 1.82) is 0 Å². The minimum Gasteiger partial charge on any atom is -0.691 e. The number of carbonyl (C=O) groups is 1. The van der Waals surface area contributed by atoms with Crippen LogP contribution in [0.2, 0.25) is 0 Å². The van der Waals surface area contributed by atoms with Crippen LogP contribution in [-0.2, 0) is 14.1 Å². The molecule has 0 radical (unpaired) electrons. The summed E-state index contributed by atoms with van der Waals surface area (Å²) in [6.07, 6.45) is 7.39. The number of rotatable bonds is 7. The number of esters is 1. The first-order valence-electron chi connectivity index (χ1n) is 7.61. The van der Waals surface area contributed by atoms with Gasteiger partial charge in [0.15, 0.2) is 0 Å². The number of benzene rings is 1. The summed E-state index contributed by atoms with van der Waals surface area (Å²) in [6.45, 7) is 2.31. The normalized spacial score (nSPS) is 15.7. The van der Waals surface area contributed by atoms with Gasteiger partial charge in [-0.1, -0.05) is 32.1 Å². The van der Waals surface area contributed by atoms with Gasteiger partial charge in [-0.2, -0.15) is 4.33 Å². The van der Waals surface area contributed by atoms with Crippen LogP contribution in [0.15, 0.2) is 23.1 Å². The maximum atomic E-state index is 12.0. The van der Waals surface area contributed by atoms with E-state index in [-0.39, 0.29) is 5.97 Å². The van der Waals surface area contributed by atoms with Gasteiger partial charge in [-0.05, 0) is 43.0 Å². The summed E-state index contributed by atoms with van der Waals surface area (Å²) in [6, 6.07) is 5.09. The average molecular weight is 325 g/mol. The van der Waals surface area contributed by atoms with E-state index in [1.165, 1.54) is 32.1 Å². The number of ether oxygens (including phenoxy) is 1. The highest BCUT2D eigenvalue weighted by atomic mass is 32.2. The number of hydrogen-bond donors (Lipinski definition) is 0. The van der Waals surface area contributed by atoms with Gasteiger partial charge in [0.05, 0.1) is 24.2 Å². The fourth-order valence-corrected chi connectivity index (χ4v) is 3.21. The third-order valence-electron chi connectivity index (χ3n) is 4.05. The van der Waals surface area contributed by atoms with Crippen molar-refractivity contribution in [3.8, 4) is 0 Å².